The molecule has 0 aromatic rings. The van der Waals surface area contributed by atoms with Gasteiger partial charge >= 0.3 is 11.9 Å². The average Bonchev–Trinajstić information content (AvgIpc) is 3.55. The van der Waals surface area contributed by atoms with Crippen LogP contribution in [-0.4, -0.2) is 91.6 Å². The summed E-state index contributed by atoms with van der Waals surface area (Å²) in [7, 11) is 0. The van der Waals surface area contributed by atoms with Gasteiger partial charge in [0.2, 0.25) is 0 Å². The molecule has 0 aromatic heterocycles. The van der Waals surface area contributed by atoms with E-state index < -0.39 is 0 Å². The maximum Gasteiger partial charge on any atom is 0.303 e. The number of nitrogens with zero attached hydrogens (tertiary/aromatic N) is 2. The fourth-order valence-corrected chi connectivity index (χ4v) is 12.2. The smallest absolute Gasteiger partial charge is 0.303 e. The van der Waals surface area contributed by atoms with E-state index in [9.17, 15) is 9.59 Å². The van der Waals surface area contributed by atoms with Gasteiger partial charge in [-0.05, 0) is 80.5 Å². The van der Waals surface area contributed by atoms with Crippen LogP contribution in [-0.2, 0) is 23.8 Å². The third-order valence-electron chi connectivity index (χ3n) is 14.2. The molecule has 5 saturated carbocycles. The molecular weight excluding hydrogens is 608 g/mol. The second-order valence-electron chi connectivity index (χ2n) is 16.3. The van der Waals surface area contributed by atoms with Crippen LogP contribution in [0.25, 0.3) is 0 Å². The number of esters is 2. The van der Waals surface area contributed by atoms with Crippen molar-refractivity contribution in [3.63, 3.8) is 0 Å². The highest BCUT2D eigenvalue weighted by Gasteiger charge is 2.68. The van der Waals surface area contributed by atoms with Crippen LogP contribution in [0.2, 0.25) is 0 Å². The lowest BCUT2D eigenvalue weighted by Gasteiger charge is -2.62. The topological polar surface area (TPSA) is 65.1 Å². The van der Waals surface area contributed by atoms with Gasteiger partial charge < -0.3 is 35.7 Å². The Bertz CT molecular complexity index is 1040. The van der Waals surface area contributed by atoms with Gasteiger partial charge in [0.1, 0.15) is 12.1 Å². The number of halogens is 1. The van der Waals surface area contributed by atoms with Crippen LogP contribution in [0.1, 0.15) is 98.3 Å². The summed E-state index contributed by atoms with van der Waals surface area (Å²) in [5, 5.41) is 0. The third-order valence-corrected chi connectivity index (χ3v) is 14.2. The summed E-state index contributed by atoms with van der Waals surface area (Å²) >= 11 is 0. The van der Waals surface area contributed by atoms with Gasteiger partial charge in [0.25, 0.3) is 0 Å². The first-order valence-corrected chi connectivity index (χ1v) is 17.6. The SMILES string of the molecule is CC(=O)O[C@H]1C[C@@H]2CCC3C4C[C@H]([N+]5(CC6CC6)CCCC5)[C@H](OC(C)=O)[C@@]4(C)CCC3[C@@]2(C)C[C@@H]1N1CCOCC1.[Br-]. The Morgan fingerprint density at radius 3 is 2.23 bits per heavy atom. The molecule has 2 aliphatic heterocycles. The predicted molar refractivity (Wildman–Crippen MR) is 160 cm³/mol. The molecule has 0 spiro atoms. The first-order valence-electron chi connectivity index (χ1n) is 17.6. The molecule has 2 heterocycles. The first kappa shape index (κ1) is 32.2. The Balaban J connectivity index is 0.00000329. The Hall–Kier alpha value is -0.700. The second-order valence-corrected chi connectivity index (χ2v) is 16.3. The van der Waals surface area contributed by atoms with Crippen molar-refractivity contribution in [2.24, 2.45) is 40.4 Å². The van der Waals surface area contributed by atoms with Crippen molar-refractivity contribution < 1.29 is 45.3 Å². The molecule has 43 heavy (non-hydrogen) atoms. The minimum atomic E-state index is -0.136. The Kier molecular flexibility index (Phi) is 9.11. The molecule has 7 aliphatic rings. The van der Waals surface area contributed by atoms with E-state index in [0.29, 0.717) is 29.7 Å². The molecule has 7 fully saturated rings. The normalized spacial score (nSPS) is 45.7. The molecule has 2 saturated heterocycles. The first-order chi connectivity index (χ1) is 20.1. The van der Waals surface area contributed by atoms with Crippen LogP contribution in [0.3, 0.4) is 0 Å². The number of carbonyl (C=O) groups is 2. The minimum absolute atomic E-state index is 0. The Morgan fingerprint density at radius 2 is 1.58 bits per heavy atom. The maximum atomic E-state index is 12.7. The molecule has 10 atom stereocenters. The van der Waals surface area contributed by atoms with E-state index >= 15 is 0 Å². The fourth-order valence-electron chi connectivity index (χ4n) is 12.2. The highest BCUT2D eigenvalue weighted by Crippen LogP contribution is 2.68. The highest BCUT2D eigenvalue weighted by atomic mass is 79.9. The van der Waals surface area contributed by atoms with Crippen molar-refractivity contribution in [3.8, 4) is 0 Å². The molecule has 5 aliphatic carbocycles. The van der Waals surface area contributed by atoms with Gasteiger partial charge in [0.05, 0.1) is 32.8 Å². The number of hydrogen-bond acceptors (Lipinski definition) is 6. The van der Waals surface area contributed by atoms with Gasteiger partial charge in [-0.2, -0.15) is 0 Å². The van der Waals surface area contributed by atoms with Crippen molar-refractivity contribution in [1.82, 2.24) is 4.90 Å². The molecule has 0 bridgehead atoms. The Morgan fingerprint density at radius 1 is 0.884 bits per heavy atom. The molecule has 0 aromatic carbocycles. The van der Waals surface area contributed by atoms with E-state index in [1.54, 1.807) is 13.8 Å². The van der Waals surface area contributed by atoms with Crippen LogP contribution in [0.5, 0.6) is 0 Å². The highest BCUT2D eigenvalue weighted by molar-refractivity contribution is 5.66. The van der Waals surface area contributed by atoms with E-state index in [1.807, 2.05) is 0 Å². The van der Waals surface area contributed by atoms with Gasteiger partial charge in [-0.1, -0.05) is 13.8 Å². The van der Waals surface area contributed by atoms with Gasteiger partial charge in [-0.15, -0.1) is 0 Å². The van der Waals surface area contributed by atoms with Gasteiger partial charge in [0.15, 0.2) is 6.10 Å². The largest absolute Gasteiger partial charge is 1.00 e. The van der Waals surface area contributed by atoms with Gasteiger partial charge in [-0.25, -0.2) is 0 Å². The Labute approximate surface area is 270 Å². The van der Waals surface area contributed by atoms with Crippen LogP contribution in [0.4, 0.5) is 0 Å². The lowest BCUT2D eigenvalue weighted by atomic mass is 9.44. The number of carbonyl (C=O) groups excluding carboxylic acids is 2. The lowest BCUT2D eigenvalue weighted by Crippen LogP contribution is -3.00. The van der Waals surface area contributed by atoms with Crippen molar-refractivity contribution in [3.05, 3.63) is 0 Å². The van der Waals surface area contributed by atoms with E-state index in [4.69, 9.17) is 14.2 Å². The molecule has 7 rings (SSSR count). The van der Waals surface area contributed by atoms with Crippen LogP contribution >= 0.6 is 0 Å². The number of rotatable bonds is 6. The zero-order chi connectivity index (χ0) is 29.3. The maximum absolute atomic E-state index is 12.7. The molecule has 8 heteroatoms. The quantitative estimate of drug-likeness (QED) is 0.321. The number of fused-ring (bicyclic) bond motifs is 5. The predicted octanol–water partition coefficient (Wildman–Crippen LogP) is 2.21. The van der Waals surface area contributed by atoms with Gasteiger partial charge in [0, 0.05) is 63.6 Å². The number of hydrogen-bond donors (Lipinski definition) is 0. The van der Waals surface area contributed by atoms with Crippen molar-refractivity contribution in [1.29, 1.82) is 0 Å². The van der Waals surface area contributed by atoms with E-state index in [2.05, 4.69) is 18.7 Å². The lowest BCUT2D eigenvalue weighted by molar-refractivity contribution is -0.944. The summed E-state index contributed by atoms with van der Waals surface area (Å²) in [4.78, 5) is 27.4. The summed E-state index contributed by atoms with van der Waals surface area (Å²) in [5.41, 5.74) is 0.337. The molecular formula is C35H57BrN2O5. The zero-order valence-corrected chi connectivity index (χ0v) is 28.8. The summed E-state index contributed by atoms with van der Waals surface area (Å²) in [6, 6.07) is 0.755. The van der Waals surface area contributed by atoms with E-state index in [-0.39, 0.29) is 58.0 Å². The molecule has 3 unspecified atom stereocenters. The summed E-state index contributed by atoms with van der Waals surface area (Å²) in [6.07, 6.45) is 13.8. The minimum Gasteiger partial charge on any atom is -1.00 e. The molecule has 0 radical (unpaired) electrons. The van der Waals surface area contributed by atoms with E-state index in [0.717, 1.165) is 45.1 Å². The van der Waals surface area contributed by atoms with Crippen LogP contribution in [0, 0.1) is 40.4 Å². The van der Waals surface area contributed by atoms with E-state index in [1.165, 1.54) is 81.9 Å². The number of morpholine rings is 1. The van der Waals surface area contributed by atoms with Crippen molar-refractivity contribution in [2.45, 2.75) is 123 Å². The molecule has 0 N–H and O–H groups in total. The number of ether oxygens (including phenoxy) is 3. The second kappa shape index (κ2) is 12.2. The van der Waals surface area contributed by atoms with Crippen LogP contribution < -0.4 is 17.0 Å². The summed E-state index contributed by atoms with van der Waals surface area (Å²) in [5.74, 6) is 3.32. The molecule has 7 nitrogen and oxygen atoms in total. The molecule has 244 valence electrons. The van der Waals surface area contributed by atoms with Crippen molar-refractivity contribution >= 4 is 11.9 Å². The number of likely N-dealkylation sites (tertiary alicyclic amines) is 1. The monoisotopic (exact) mass is 664 g/mol. The summed E-state index contributed by atoms with van der Waals surface area (Å²) < 4.78 is 19.5. The standard InChI is InChI=1S/C35H57N2O5.BrH/c1-23(38)41-32-19-26-9-10-27-28(35(26,4)21-30(32)36-13-17-40-18-14-36)11-12-34(3)29(27)20-31(33(34)42-24(2)39)37(15-5-6-16-37)22-25-7-8-25;/h25-33H,5-22H2,1-4H3;1H/q+1;/p-1/t26-,27?,28?,29?,30-,31-,32-,33-,34-,35-;/m0./s1. The van der Waals surface area contributed by atoms with Crippen molar-refractivity contribution in [2.75, 3.05) is 45.9 Å². The number of quaternary nitrogens is 1. The third kappa shape index (κ3) is 5.65. The van der Waals surface area contributed by atoms with Gasteiger partial charge in [-0.3, -0.25) is 14.5 Å². The fraction of sp³-hybridized carbons (Fsp3) is 0.943. The summed E-state index contributed by atoms with van der Waals surface area (Å²) in [6.45, 7) is 15.7. The van der Waals surface area contributed by atoms with Crippen LogP contribution in [0.15, 0.2) is 0 Å². The zero-order valence-electron chi connectivity index (χ0n) is 27.2. The average molecular weight is 666 g/mol. The molecule has 0 amide bonds.